The van der Waals surface area contributed by atoms with Gasteiger partial charge >= 0.3 is 6.18 Å². The van der Waals surface area contributed by atoms with E-state index < -0.39 is 17.6 Å². The molecule has 0 bridgehead atoms. The van der Waals surface area contributed by atoms with E-state index in [-0.39, 0.29) is 11.5 Å². The van der Waals surface area contributed by atoms with E-state index >= 15 is 0 Å². The zero-order valence-electron chi connectivity index (χ0n) is 9.84. The highest BCUT2D eigenvalue weighted by atomic mass is 79.9. The van der Waals surface area contributed by atoms with Gasteiger partial charge in [-0.3, -0.25) is 0 Å². The van der Waals surface area contributed by atoms with Gasteiger partial charge in [0.1, 0.15) is 17.3 Å². The van der Waals surface area contributed by atoms with Crippen molar-refractivity contribution in [2.75, 3.05) is 5.73 Å². The number of hydrogen-bond donors (Lipinski definition) is 1. The first-order valence-corrected chi connectivity index (χ1v) is 6.16. The van der Waals surface area contributed by atoms with Crippen LogP contribution in [-0.2, 0) is 6.18 Å². The van der Waals surface area contributed by atoms with Gasteiger partial charge in [-0.25, -0.2) is 4.39 Å². The fraction of sp³-hybridized carbons (Fsp3) is 0.0769. The average molecular weight is 350 g/mol. The summed E-state index contributed by atoms with van der Waals surface area (Å²) in [6.07, 6.45) is -4.78. The van der Waals surface area contributed by atoms with Crippen LogP contribution in [0.1, 0.15) is 5.56 Å². The highest BCUT2D eigenvalue weighted by Crippen LogP contribution is 2.36. The molecule has 2 aromatic carbocycles. The molecule has 106 valence electrons. The van der Waals surface area contributed by atoms with E-state index in [0.29, 0.717) is 22.3 Å². The van der Waals surface area contributed by atoms with Gasteiger partial charge in [-0.1, -0.05) is 0 Å². The van der Waals surface area contributed by atoms with E-state index in [0.717, 1.165) is 6.07 Å². The van der Waals surface area contributed by atoms with Crippen molar-refractivity contribution in [1.29, 1.82) is 0 Å². The first-order valence-electron chi connectivity index (χ1n) is 5.37. The second-order valence-corrected chi connectivity index (χ2v) is 4.79. The number of nitrogen functional groups attached to an aromatic ring is 1. The van der Waals surface area contributed by atoms with Gasteiger partial charge in [0, 0.05) is 5.69 Å². The molecule has 2 N–H and O–H groups in total. The molecule has 0 radical (unpaired) electrons. The standard InChI is InChI=1S/C13H8BrF4NO/c14-10-5-7(19)1-4-12(10)20-8-2-3-11(15)9(6-8)13(16,17)18/h1-6H,19H2. The predicted octanol–water partition coefficient (Wildman–Crippen LogP) is 4.98. The molecule has 2 nitrogen and oxygen atoms in total. The Balaban J connectivity index is 2.35. The number of ether oxygens (including phenoxy) is 1. The van der Waals surface area contributed by atoms with Crippen LogP contribution in [0.25, 0.3) is 0 Å². The van der Waals surface area contributed by atoms with Gasteiger partial charge in [-0.05, 0) is 52.3 Å². The summed E-state index contributed by atoms with van der Waals surface area (Å²) in [5.74, 6) is -1.19. The molecule has 0 aliphatic heterocycles. The summed E-state index contributed by atoms with van der Waals surface area (Å²) in [5, 5.41) is 0. The second-order valence-electron chi connectivity index (χ2n) is 3.93. The lowest BCUT2D eigenvalue weighted by Crippen LogP contribution is -2.08. The fourth-order valence-corrected chi connectivity index (χ4v) is 1.99. The number of benzene rings is 2. The third kappa shape index (κ3) is 3.22. The Labute approximate surface area is 120 Å². The average Bonchev–Trinajstić information content (AvgIpc) is 2.33. The summed E-state index contributed by atoms with van der Waals surface area (Å²) in [7, 11) is 0. The van der Waals surface area contributed by atoms with Crippen LogP contribution in [0.3, 0.4) is 0 Å². The third-order valence-electron chi connectivity index (χ3n) is 2.43. The summed E-state index contributed by atoms with van der Waals surface area (Å²) < 4.78 is 56.6. The molecule has 7 heteroatoms. The molecule has 0 amide bonds. The van der Waals surface area contributed by atoms with E-state index in [1.807, 2.05) is 0 Å². The Morgan fingerprint density at radius 2 is 1.75 bits per heavy atom. The SMILES string of the molecule is Nc1ccc(Oc2ccc(F)c(C(F)(F)F)c2)c(Br)c1. The minimum Gasteiger partial charge on any atom is -0.456 e. The van der Waals surface area contributed by atoms with E-state index in [2.05, 4.69) is 15.9 Å². The topological polar surface area (TPSA) is 35.2 Å². The Hall–Kier alpha value is -1.76. The van der Waals surface area contributed by atoms with Crippen molar-refractivity contribution in [3.05, 3.63) is 52.3 Å². The molecule has 0 heterocycles. The van der Waals surface area contributed by atoms with E-state index in [4.69, 9.17) is 10.5 Å². The molecule has 0 fully saturated rings. The molecule has 20 heavy (non-hydrogen) atoms. The van der Waals surface area contributed by atoms with Crippen LogP contribution in [0.15, 0.2) is 40.9 Å². The lowest BCUT2D eigenvalue weighted by Gasteiger charge is -2.12. The number of hydrogen-bond acceptors (Lipinski definition) is 2. The monoisotopic (exact) mass is 349 g/mol. The molecule has 0 aliphatic rings. The van der Waals surface area contributed by atoms with Crippen molar-refractivity contribution in [2.45, 2.75) is 6.18 Å². The lowest BCUT2D eigenvalue weighted by molar-refractivity contribution is -0.140. The minimum atomic E-state index is -4.78. The van der Waals surface area contributed by atoms with E-state index in [9.17, 15) is 17.6 Å². The lowest BCUT2D eigenvalue weighted by atomic mass is 10.2. The van der Waals surface area contributed by atoms with Gasteiger partial charge in [-0.15, -0.1) is 0 Å². The van der Waals surface area contributed by atoms with Crippen molar-refractivity contribution < 1.29 is 22.3 Å². The van der Waals surface area contributed by atoms with E-state index in [1.165, 1.54) is 12.1 Å². The second kappa shape index (κ2) is 5.32. The molecular weight excluding hydrogens is 342 g/mol. The van der Waals surface area contributed by atoms with Crippen LogP contribution in [0.5, 0.6) is 11.5 Å². The van der Waals surface area contributed by atoms with Crippen molar-refractivity contribution in [3.8, 4) is 11.5 Å². The normalized spacial score (nSPS) is 11.4. The zero-order valence-corrected chi connectivity index (χ0v) is 11.4. The summed E-state index contributed by atoms with van der Waals surface area (Å²) in [5.41, 5.74) is 4.64. The molecular formula is C13H8BrF4NO. The molecule has 0 aromatic heterocycles. The van der Waals surface area contributed by atoms with Gasteiger partial charge in [0.25, 0.3) is 0 Å². The Bertz CT molecular complexity index is 643. The van der Waals surface area contributed by atoms with Crippen molar-refractivity contribution in [1.82, 2.24) is 0 Å². The Morgan fingerprint density at radius 1 is 1.05 bits per heavy atom. The maximum absolute atomic E-state index is 13.1. The van der Waals surface area contributed by atoms with Gasteiger partial charge in [0.05, 0.1) is 10.0 Å². The smallest absolute Gasteiger partial charge is 0.419 e. The zero-order chi connectivity index (χ0) is 14.9. The summed E-state index contributed by atoms with van der Waals surface area (Å²) in [6, 6.07) is 7.02. The minimum absolute atomic E-state index is 0.121. The van der Waals surface area contributed by atoms with Crippen LogP contribution < -0.4 is 10.5 Å². The molecule has 2 rings (SSSR count). The molecule has 0 saturated heterocycles. The molecule has 0 unspecified atom stereocenters. The molecule has 0 atom stereocenters. The number of alkyl halides is 3. The Morgan fingerprint density at radius 3 is 2.35 bits per heavy atom. The van der Waals surface area contributed by atoms with Gasteiger partial charge in [-0.2, -0.15) is 13.2 Å². The number of halogens is 5. The Kier molecular flexibility index (Phi) is 3.89. The van der Waals surface area contributed by atoms with Crippen LogP contribution in [0.4, 0.5) is 23.2 Å². The number of rotatable bonds is 2. The third-order valence-corrected chi connectivity index (χ3v) is 3.05. The van der Waals surface area contributed by atoms with Crippen molar-refractivity contribution >= 4 is 21.6 Å². The van der Waals surface area contributed by atoms with Gasteiger partial charge in [0.15, 0.2) is 0 Å². The largest absolute Gasteiger partial charge is 0.456 e. The fourth-order valence-electron chi connectivity index (χ4n) is 1.51. The van der Waals surface area contributed by atoms with Crippen LogP contribution in [-0.4, -0.2) is 0 Å². The highest BCUT2D eigenvalue weighted by Gasteiger charge is 2.34. The van der Waals surface area contributed by atoms with Gasteiger partial charge < -0.3 is 10.5 Å². The van der Waals surface area contributed by atoms with Crippen LogP contribution in [0.2, 0.25) is 0 Å². The van der Waals surface area contributed by atoms with Crippen molar-refractivity contribution in [3.63, 3.8) is 0 Å². The molecule has 0 spiro atoms. The van der Waals surface area contributed by atoms with Gasteiger partial charge in [0.2, 0.25) is 0 Å². The highest BCUT2D eigenvalue weighted by molar-refractivity contribution is 9.10. The summed E-state index contributed by atoms with van der Waals surface area (Å²) in [4.78, 5) is 0. The van der Waals surface area contributed by atoms with E-state index in [1.54, 1.807) is 6.07 Å². The molecule has 2 aromatic rings. The summed E-state index contributed by atoms with van der Waals surface area (Å²) >= 11 is 3.18. The van der Waals surface area contributed by atoms with Crippen LogP contribution >= 0.6 is 15.9 Å². The molecule has 0 saturated carbocycles. The van der Waals surface area contributed by atoms with Crippen molar-refractivity contribution in [2.24, 2.45) is 0 Å². The number of anilines is 1. The quantitative estimate of drug-likeness (QED) is 0.612. The maximum atomic E-state index is 13.1. The maximum Gasteiger partial charge on any atom is 0.419 e. The predicted molar refractivity (Wildman–Crippen MR) is 70.0 cm³/mol. The van der Waals surface area contributed by atoms with Crippen LogP contribution in [0, 0.1) is 5.82 Å². The molecule has 0 aliphatic carbocycles. The summed E-state index contributed by atoms with van der Waals surface area (Å²) in [6.45, 7) is 0. The first kappa shape index (κ1) is 14.6. The number of nitrogens with two attached hydrogens (primary N) is 1. The first-order chi connectivity index (χ1) is 9.27.